The van der Waals surface area contributed by atoms with Crippen molar-refractivity contribution < 1.29 is 27.4 Å². The van der Waals surface area contributed by atoms with Gasteiger partial charge in [-0.3, -0.25) is 9.78 Å². The van der Waals surface area contributed by atoms with Crippen LogP contribution in [0.15, 0.2) is 48.7 Å². The molecule has 0 bridgehead atoms. The lowest BCUT2D eigenvalue weighted by molar-refractivity contribution is -0.274. The summed E-state index contributed by atoms with van der Waals surface area (Å²) in [6, 6.07) is 12.7. The third-order valence-electron chi connectivity index (χ3n) is 5.71. The summed E-state index contributed by atoms with van der Waals surface area (Å²) in [6.45, 7) is 1.13. The molecule has 1 aromatic heterocycles. The summed E-state index contributed by atoms with van der Waals surface area (Å²) in [6.07, 6.45) is -2.10. The number of carbonyl (C=O) groups is 1. The Labute approximate surface area is 193 Å². The first-order valence-corrected chi connectivity index (χ1v) is 10.6. The van der Waals surface area contributed by atoms with Gasteiger partial charge in [-0.25, -0.2) is 0 Å². The van der Waals surface area contributed by atoms with E-state index in [0.29, 0.717) is 48.4 Å². The Hall–Kier alpha value is -4.00. The number of nitriles is 1. The first-order valence-electron chi connectivity index (χ1n) is 10.6. The van der Waals surface area contributed by atoms with Crippen LogP contribution in [-0.2, 0) is 4.79 Å². The Balaban J connectivity index is 1.43. The summed E-state index contributed by atoms with van der Waals surface area (Å²) in [5.41, 5.74) is 2.35. The predicted molar refractivity (Wildman–Crippen MR) is 120 cm³/mol. The molecule has 3 aromatic rings. The molecule has 1 amide bonds. The fourth-order valence-corrected chi connectivity index (χ4v) is 4.06. The van der Waals surface area contributed by atoms with Crippen molar-refractivity contribution in [3.63, 3.8) is 0 Å². The van der Waals surface area contributed by atoms with E-state index >= 15 is 0 Å². The highest BCUT2D eigenvalue weighted by molar-refractivity contribution is 5.96. The number of rotatable bonds is 5. The van der Waals surface area contributed by atoms with Crippen LogP contribution in [0.5, 0.6) is 11.5 Å². The summed E-state index contributed by atoms with van der Waals surface area (Å²) >= 11 is 0. The number of benzene rings is 2. The molecule has 0 saturated carbocycles. The van der Waals surface area contributed by atoms with Gasteiger partial charge in [0, 0.05) is 42.3 Å². The van der Waals surface area contributed by atoms with Crippen LogP contribution in [0, 0.1) is 17.2 Å². The molecular formula is C24H21F3N4O3. The van der Waals surface area contributed by atoms with Crippen LogP contribution in [-0.4, -0.2) is 37.5 Å². The van der Waals surface area contributed by atoms with Gasteiger partial charge in [0.2, 0.25) is 5.91 Å². The van der Waals surface area contributed by atoms with Gasteiger partial charge in [-0.05, 0) is 49.2 Å². The summed E-state index contributed by atoms with van der Waals surface area (Å²) in [5, 5.41) is 13.2. The number of methoxy groups -OCH3 is 1. The zero-order valence-corrected chi connectivity index (χ0v) is 18.2. The molecule has 1 fully saturated rings. The van der Waals surface area contributed by atoms with Gasteiger partial charge < -0.3 is 19.7 Å². The second-order valence-electron chi connectivity index (χ2n) is 7.84. The number of aromatic nitrogens is 1. The number of carbonyl (C=O) groups excluding carboxylic acids is 1. The molecule has 7 nitrogen and oxygen atoms in total. The van der Waals surface area contributed by atoms with Gasteiger partial charge in [-0.2, -0.15) is 5.26 Å². The average molecular weight is 470 g/mol. The number of nitrogens with zero attached hydrogens (tertiary/aromatic N) is 3. The number of ether oxygens (including phenoxy) is 2. The number of anilines is 2. The highest BCUT2D eigenvalue weighted by Crippen LogP contribution is 2.34. The van der Waals surface area contributed by atoms with E-state index in [9.17, 15) is 23.2 Å². The van der Waals surface area contributed by atoms with Gasteiger partial charge in [0.1, 0.15) is 17.6 Å². The maximum absolute atomic E-state index is 12.7. The zero-order valence-electron chi connectivity index (χ0n) is 18.2. The number of nitrogens with one attached hydrogen (secondary N) is 1. The largest absolute Gasteiger partial charge is 0.573 e. The maximum Gasteiger partial charge on any atom is 0.573 e. The number of amides is 1. The smallest absolute Gasteiger partial charge is 0.497 e. The van der Waals surface area contributed by atoms with E-state index in [1.165, 1.54) is 12.1 Å². The Kier molecular flexibility index (Phi) is 6.45. The fraction of sp³-hybridized carbons (Fsp3) is 0.292. The summed E-state index contributed by atoms with van der Waals surface area (Å²) < 4.78 is 46.0. The highest BCUT2D eigenvalue weighted by Gasteiger charge is 2.31. The minimum absolute atomic E-state index is 0.200. The van der Waals surface area contributed by atoms with Crippen LogP contribution in [0.2, 0.25) is 0 Å². The highest BCUT2D eigenvalue weighted by atomic mass is 19.4. The summed E-state index contributed by atoms with van der Waals surface area (Å²) in [5.74, 6) is -0.145. The molecule has 1 saturated heterocycles. The molecule has 2 heterocycles. The molecule has 10 heteroatoms. The number of alkyl halides is 3. The standard InChI is InChI=1S/C24H21F3N4O3/c1-33-19-6-7-20-21(12-19)29-14-16(13-28)22(20)31-10-8-15(9-11-31)23(32)30-17-2-4-18(5-3-17)34-24(25,26)27/h2-7,12,14-15H,8-11H2,1H3,(H,30,32). The molecule has 34 heavy (non-hydrogen) atoms. The van der Waals surface area contributed by atoms with Gasteiger partial charge in [0.15, 0.2) is 0 Å². The van der Waals surface area contributed by atoms with Gasteiger partial charge >= 0.3 is 6.36 Å². The van der Waals surface area contributed by atoms with E-state index in [1.54, 1.807) is 13.3 Å². The van der Waals surface area contributed by atoms with Crippen molar-refractivity contribution >= 4 is 28.2 Å². The molecule has 1 aliphatic rings. The topological polar surface area (TPSA) is 87.5 Å². The van der Waals surface area contributed by atoms with E-state index in [4.69, 9.17) is 4.74 Å². The fourth-order valence-electron chi connectivity index (χ4n) is 4.06. The van der Waals surface area contributed by atoms with Crippen molar-refractivity contribution in [3.05, 3.63) is 54.2 Å². The Morgan fingerprint density at radius 3 is 2.44 bits per heavy atom. The van der Waals surface area contributed by atoms with Crippen LogP contribution in [0.3, 0.4) is 0 Å². The lowest BCUT2D eigenvalue weighted by Crippen LogP contribution is -2.38. The van der Waals surface area contributed by atoms with Crippen molar-refractivity contribution in [1.29, 1.82) is 5.26 Å². The second kappa shape index (κ2) is 9.47. The molecule has 0 radical (unpaired) electrons. The van der Waals surface area contributed by atoms with Gasteiger partial charge in [0.25, 0.3) is 0 Å². The quantitative estimate of drug-likeness (QED) is 0.573. The summed E-state index contributed by atoms with van der Waals surface area (Å²) in [4.78, 5) is 19.2. The lowest BCUT2D eigenvalue weighted by atomic mass is 9.94. The average Bonchev–Trinajstić information content (AvgIpc) is 2.83. The van der Waals surface area contributed by atoms with Crippen molar-refractivity contribution in [2.45, 2.75) is 19.2 Å². The number of hydrogen-bond acceptors (Lipinski definition) is 6. The molecule has 4 rings (SSSR count). The van der Waals surface area contributed by atoms with E-state index in [1.807, 2.05) is 18.2 Å². The molecule has 0 spiro atoms. The van der Waals surface area contributed by atoms with E-state index < -0.39 is 6.36 Å². The number of hydrogen-bond donors (Lipinski definition) is 1. The van der Waals surface area contributed by atoms with Crippen LogP contribution < -0.4 is 19.7 Å². The first kappa shape index (κ1) is 23.2. The monoisotopic (exact) mass is 470 g/mol. The van der Waals surface area contributed by atoms with Crippen LogP contribution >= 0.6 is 0 Å². The molecule has 1 aliphatic heterocycles. The maximum atomic E-state index is 12.7. The molecule has 2 aromatic carbocycles. The first-order chi connectivity index (χ1) is 16.3. The Bertz CT molecular complexity index is 1230. The van der Waals surface area contributed by atoms with Crippen LogP contribution in [0.1, 0.15) is 18.4 Å². The van der Waals surface area contributed by atoms with Gasteiger partial charge in [-0.1, -0.05) is 0 Å². The Morgan fingerprint density at radius 2 is 1.82 bits per heavy atom. The third-order valence-corrected chi connectivity index (χ3v) is 5.71. The van der Waals surface area contributed by atoms with Crippen molar-refractivity contribution in [1.82, 2.24) is 4.98 Å². The number of fused-ring (bicyclic) bond motifs is 1. The van der Waals surface area contributed by atoms with Crippen molar-refractivity contribution in [2.24, 2.45) is 5.92 Å². The lowest BCUT2D eigenvalue weighted by Gasteiger charge is -2.34. The molecule has 176 valence electrons. The minimum atomic E-state index is -4.77. The van der Waals surface area contributed by atoms with Gasteiger partial charge in [0.05, 0.1) is 23.9 Å². The molecular weight excluding hydrogens is 449 g/mol. The molecule has 1 N–H and O–H groups in total. The number of halogens is 3. The van der Waals surface area contributed by atoms with Crippen molar-refractivity contribution in [2.75, 3.05) is 30.4 Å². The van der Waals surface area contributed by atoms with E-state index in [0.717, 1.165) is 23.2 Å². The SMILES string of the molecule is COc1ccc2c(N3CCC(C(=O)Nc4ccc(OC(F)(F)F)cc4)CC3)c(C#N)cnc2c1. The number of piperidine rings is 1. The van der Waals surface area contributed by atoms with Gasteiger partial charge in [-0.15, -0.1) is 13.2 Å². The van der Waals surface area contributed by atoms with E-state index in [2.05, 4.69) is 26.0 Å². The predicted octanol–water partition coefficient (Wildman–Crippen LogP) is 4.87. The second-order valence-corrected chi connectivity index (χ2v) is 7.84. The van der Waals surface area contributed by atoms with E-state index in [-0.39, 0.29) is 17.6 Å². The molecule has 0 aliphatic carbocycles. The number of pyridine rings is 1. The molecule has 0 atom stereocenters. The minimum Gasteiger partial charge on any atom is -0.497 e. The van der Waals surface area contributed by atoms with Crippen LogP contribution in [0.4, 0.5) is 24.5 Å². The third kappa shape index (κ3) is 5.14. The van der Waals surface area contributed by atoms with Crippen molar-refractivity contribution in [3.8, 4) is 17.6 Å². The summed E-state index contributed by atoms with van der Waals surface area (Å²) in [7, 11) is 1.58. The Morgan fingerprint density at radius 1 is 1.15 bits per heavy atom. The molecule has 0 unspecified atom stereocenters. The normalized spacial score (nSPS) is 14.5. The van der Waals surface area contributed by atoms with Crippen LogP contribution in [0.25, 0.3) is 10.9 Å². The zero-order chi connectivity index (χ0) is 24.3.